The van der Waals surface area contributed by atoms with E-state index in [9.17, 15) is 9.59 Å². The topological polar surface area (TPSA) is 111 Å². The number of hydrogen-bond donors (Lipinski definition) is 2. The lowest BCUT2D eigenvalue weighted by molar-refractivity contribution is 0.0532. The van der Waals surface area contributed by atoms with Crippen LogP contribution in [0.15, 0.2) is 11.0 Å². The summed E-state index contributed by atoms with van der Waals surface area (Å²) < 4.78 is 8.25. The van der Waals surface area contributed by atoms with Crippen molar-refractivity contribution < 1.29 is 14.6 Å². The van der Waals surface area contributed by atoms with Crippen LogP contribution in [-0.4, -0.2) is 49.1 Å². The molecule has 0 radical (unpaired) electrons. The minimum atomic E-state index is -0.533. The number of fused-ring (bicyclic) bond motifs is 1. The van der Waals surface area contributed by atoms with E-state index in [0.29, 0.717) is 36.8 Å². The number of aryl methyl sites for hydroxylation is 1. The summed E-state index contributed by atoms with van der Waals surface area (Å²) in [5.74, 6) is 0. The van der Waals surface area contributed by atoms with Crippen molar-refractivity contribution in [1.82, 2.24) is 24.4 Å². The minimum absolute atomic E-state index is 0.0411. The fraction of sp³-hybridized carbons (Fsp3) is 0.684. The van der Waals surface area contributed by atoms with Gasteiger partial charge in [0.15, 0.2) is 5.65 Å². The second kappa shape index (κ2) is 7.95. The first kappa shape index (κ1) is 21.6. The third-order valence-corrected chi connectivity index (χ3v) is 6.26. The third kappa shape index (κ3) is 3.98. The molecule has 0 spiro atoms. The van der Waals surface area contributed by atoms with E-state index >= 15 is 0 Å². The number of nitrogens with one attached hydrogen (secondary N) is 1. The average molecular weight is 426 g/mol. The third-order valence-electron chi connectivity index (χ3n) is 6.08. The van der Waals surface area contributed by atoms with Gasteiger partial charge in [-0.25, -0.2) is 14.6 Å². The SMILES string of the molecule is Cn1c(=O)n(C2CCC(NC(=O)OCCO)(C(C)(C)C)CC2)c2nc(Cl)ncc21. The number of amides is 1. The van der Waals surface area contributed by atoms with Crippen LogP contribution >= 0.6 is 11.6 Å². The highest BCUT2D eigenvalue weighted by Crippen LogP contribution is 2.45. The molecule has 2 aromatic rings. The Morgan fingerprint density at radius 1 is 1.41 bits per heavy atom. The van der Waals surface area contributed by atoms with Crippen LogP contribution in [0.2, 0.25) is 5.28 Å². The van der Waals surface area contributed by atoms with Crippen LogP contribution in [-0.2, 0) is 11.8 Å². The van der Waals surface area contributed by atoms with E-state index < -0.39 is 11.6 Å². The summed E-state index contributed by atoms with van der Waals surface area (Å²) in [7, 11) is 1.69. The molecule has 0 aromatic carbocycles. The van der Waals surface area contributed by atoms with Crippen molar-refractivity contribution in [3.05, 3.63) is 22.0 Å². The zero-order chi connectivity index (χ0) is 21.4. The summed E-state index contributed by atoms with van der Waals surface area (Å²) in [5, 5.41) is 12.0. The van der Waals surface area contributed by atoms with Crippen LogP contribution in [0.25, 0.3) is 11.2 Å². The molecule has 2 heterocycles. The number of imidazole rings is 1. The molecule has 0 aliphatic heterocycles. The van der Waals surface area contributed by atoms with Gasteiger partial charge in [-0.05, 0) is 42.7 Å². The van der Waals surface area contributed by atoms with E-state index in [0.717, 1.165) is 0 Å². The highest BCUT2D eigenvalue weighted by atomic mass is 35.5. The lowest BCUT2D eigenvalue weighted by Crippen LogP contribution is -2.59. The molecule has 2 N–H and O–H groups in total. The largest absolute Gasteiger partial charge is 0.447 e. The number of aliphatic hydroxyl groups is 1. The summed E-state index contributed by atoms with van der Waals surface area (Å²) in [5.41, 5.74) is 0.321. The normalized spacial score (nSPS) is 22.6. The Balaban J connectivity index is 1.87. The molecule has 160 valence electrons. The van der Waals surface area contributed by atoms with Crippen molar-refractivity contribution in [3.63, 3.8) is 0 Å². The average Bonchev–Trinajstić information content (AvgIpc) is 2.90. The van der Waals surface area contributed by atoms with E-state index in [2.05, 4.69) is 36.1 Å². The number of ether oxygens (including phenoxy) is 1. The second-order valence-electron chi connectivity index (χ2n) is 8.61. The molecule has 0 unspecified atom stereocenters. The van der Waals surface area contributed by atoms with Gasteiger partial charge in [0.25, 0.3) is 0 Å². The number of carbonyl (C=O) groups is 1. The van der Waals surface area contributed by atoms with Gasteiger partial charge in [0.1, 0.15) is 12.1 Å². The zero-order valence-corrected chi connectivity index (χ0v) is 18.0. The second-order valence-corrected chi connectivity index (χ2v) is 8.95. The summed E-state index contributed by atoms with van der Waals surface area (Å²) in [6.45, 7) is 5.98. The van der Waals surface area contributed by atoms with Crippen molar-refractivity contribution in [2.75, 3.05) is 13.2 Å². The fourth-order valence-corrected chi connectivity index (χ4v) is 4.36. The Labute approximate surface area is 174 Å². The molecule has 0 bridgehead atoms. The van der Waals surface area contributed by atoms with Crippen molar-refractivity contribution in [3.8, 4) is 0 Å². The Morgan fingerprint density at radius 3 is 2.66 bits per heavy atom. The maximum atomic E-state index is 12.9. The number of alkyl carbamates (subject to hydrolysis) is 1. The number of nitrogens with zero attached hydrogens (tertiary/aromatic N) is 4. The molecule has 0 atom stereocenters. The van der Waals surface area contributed by atoms with Gasteiger partial charge < -0.3 is 15.2 Å². The Morgan fingerprint density at radius 2 is 2.07 bits per heavy atom. The van der Waals surface area contributed by atoms with Crippen LogP contribution in [0.3, 0.4) is 0 Å². The number of hydrogen-bond acceptors (Lipinski definition) is 6. The molecule has 9 nitrogen and oxygen atoms in total. The van der Waals surface area contributed by atoms with Crippen molar-refractivity contribution in [2.45, 2.75) is 58.0 Å². The number of rotatable bonds is 4. The summed E-state index contributed by atoms with van der Waals surface area (Å²) in [4.78, 5) is 33.3. The van der Waals surface area contributed by atoms with E-state index in [4.69, 9.17) is 21.4 Å². The van der Waals surface area contributed by atoms with Gasteiger partial charge in [0, 0.05) is 18.6 Å². The summed E-state index contributed by atoms with van der Waals surface area (Å²) in [6.07, 6.45) is 3.77. The summed E-state index contributed by atoms with van der Waals surface area (Å²) >= 11 is 5.97. The molecule has 3 rings (SSSR count). The van der Waals surface area contributed by atoms with E-state index in [-0.39, 0.29) is 35.6 Å². The van der Waals surface area contributed by atoms with Crippen LogP contribution in [0, 0.1) is 5.41 Å². The molecule has 1 aliphatic rings. The molecule has 1 fully saturated rings. The number of carbonyl (C=O) groups excluding carboxylic acids is 1. The highest BCUT2D eigenvalue weighted by molar-refractivity contribution is 6.28. The molecular weight excluding hydrogens is 398 g/mol. The molecule has 1 aliphatic carbocycles. The Hall–Kier alpha value is -2.13. The van der Waals surface area contributed by atoms with Gasteiger partial charge in [-0.3, -0.25) is 9.13 Å². The van der Waals surface area contributed by atoms with Crippen molar-refractivity contribution in [2.24, 2.45) is 12.5 Å². The highest BCUT2D eigenvalue weighted by Gasteiger charge is 2.46. The van der Waals surface area contributed by atoms with Crippen molar-refractivity contribution in [1.29, 1.82) is 0 Å². The molecule has 10 heteroatoms. The van der Waals surface area contributed by atoms with E-state index in [1.807, 2.05) is 0 Å². The molecule has 0 saturated heterocycles. The monoisotopic (exact) mass is 425 g/mol. The van der Waals surface area contributed by atoms with Gasteiger partial charge in [0.2, 0.25) is 5.28 Å². The van der Waals surface area contributed by atoms with Crippen LogP contribution < -0.4 is 11.0 Å². The molecular formula is C19H28ClN5O4. The number of aliphatic hydroxyl groups excluding tert-OH is 1. The van der Waals surface area contributed by atoms with Crippen LogP contribution in [0.1, 0.15) is 52.5 Å². The molecule has 1 amide bonds. The standard InChI is InChI=1S/C19H28ClN5O4/c1-18(2,3)19(23-16(27)29-10-9-26)7-5-12(6-8-19)25-14-13(24(4)17(25)28)11-21-15(20)22-14/h11-12,26H,5-10H2,1-4H3,(H,23,27). The molecule has 29 heavy (non-hydrogen) atoms. The number of aromatic nitrogens is 4. The maximum absolute atomic E-state index is 12.9. The molecule has 2 aromatic heterocycles. The first-order valence-corrected chi connectivity index (χ1v) is 10.1. The molecule has 1 saturated carbocycles. The first-order valence-electron chi connectivity index (χ1n) is 9.75. The summed E-state index contributed by atoms with van der Waals surface area (Å²) in [6, 6.07) is -0.0529. The van der Waals surface area contributed by atoms with Gasteiger partial charge in [-0.2, -0.15) is 4.98 Å². The van der Waals surface area contributed by atoms with Gasteiger partial charge >= 0.3 is 11.8 Å². The first-order chi connectivity index (χ1) is 13.6. The van der Waals surface area contributed by atoms with Gasteiger partial charge in [0.05, 0.1) is 12.8 Å². The van der Waals surface area contributed by atoms with Crippen LogP contribution in [0.4, 0.5) is 4.79 Å². The number of halogens is 1. The predicted molar refractivity (Wildman–Crippen MR) is 109 cm³/mol. The van der Waals surface area contributed by atoms with E-state index in [1.165, 1.54) is 4.57 Å². The predicted octanol–water partition coefficient (Wildman–Crippen LogP) is 2.40. The smallest absolute Gasteiger partial charge is 0.407 e. The van der Waals surface area contributed by atoms with E-state index in [1.54, 1.807) is 17.8 Å². The zero-order valence-electron chi connectivity index (χ0n) is 17.2. The lowest BCUT2D eigenvalue weighted by atomic mass is 9.64. The minimum Gasteiger partial charge on any atom is -0.447 e. The van der Waals surface area contributed by atoms with Crippen LogP contribution in [0.5, 0.6) is 0 Å². The quantitative estimate of drug-likeness (QED) is 0.727. The Kier molecular flexibility index (Phi) is 5.91. The Bertz CT molecular complexity index is 954. The van der Waals surface area contributed by atoms with Gasteiger partial charge in [-0.15, -0.1) is 0 Å². The van der Waals surface area contributed by atoms with Gasteiger partial charge in [-0.1, -0.05) is 20.8 Å². The lowest BCUT2D eigenvalue weighted by Gasteiger charge is -2.49. The fourth-order valence-electron chi connectivity index (χ4n) is 4.23. The van der Waals surface area contributed by atoms with Crippen molar-refractivity contribution >= 4 is 28.9 Å². The maximum Gasteiger partial charge on any atom is 0.407 e.